The number of carbonyl (C=O) groups is 1. The van der Waals surface area contributed by atoms with Gasteiger partial charge in [0, 0.05) is 16.0 Å². The molecule has 2 aromatic heterocycles. The lowest BCUT2D eigenvalue weighted by atomic mass is 10.1. The fourth-order valence-corrected chi connectivity index (χ4v) is 4.96. The molecule has 0 aliphatic carbocycles. The number of halogens is 1. The number of aromatic nitrogens is 2. The molecule has 2 heterocycles. The van der Waals surface area contributed by atoms with Crippen LogP contribution in [0.3, 0.4) is 0 Å². The number of anilines is 1. The summed E-state index contributed by atoms with van der Waals surface area (Å²) >= 11 is 8.97. The van der Waals surface area contributed by atoms with Crippen LogP contribution in [0.25, 0.3) is 21.3 Å². The normalized spacial score (nSPS) is 10.9. The van der Waals surface area contributed by atoms with Crippen molar-refractivity contribution in [1.29, 1.82) is 0 Å². The fraction of sp³-hybridized carbons (Fsp3) is 0.136. The molecule has 8 heteroatoms. The first-order valence-electron chi connectivity index (χ1n) is 9.10. The highest BCUT2D eigenvalue weighted by Crippen LogP contribution is 2.38. The van der Waals surface area contributed by atoms with Crippen LogP contribution in [0.2, 0.25) is 5.02 Å². The van der Waals surface area contributed by atoms with E-state index >= 15 is 0 Å². The number of hydrogen-bond acceptors (Lipinski definition) is 6. The number of nitrogens with one attached hydrogen (secondary N) is 1. The summed E-state index contributed by atoms with van der Waals surface area (Å²) in [5.41, 5.74) is 3.78. The number of benzene rings is 2. The zero-order valence-corrected chi connectivity index (χ0v) is 18.7. The van der Waals surface area contributed by atoms with E-state index in [1.165, 1.54) is 18.1 Å². The number of thiophene rings is 1. The van der Waals surface area contributed by atoms with Crippen LogP contribution < -0.4 is 10.1 Å². The highest BCUT2D eigenvalue weighted by molar-refractivity contribution is 8.00. The lowest BCUT2D eigenvalue weighted by Crippen LogP contribution is -2.15. The molecule has 0 spiro atoms. The van der Waals surface area contributed by atoms with E-state index in [1.807, 2.05) is 49.4 Å². The van der Waals surface area contributed by atoms with Gasteiger partial charge < -0.3 is 10.1 Å². The van der Waals surface area contributed by atoms with Crippen LogP contribution in [0, 0.1) is 6.92 Å². The van der Waals surface area contributed by atoms with Gasteiger partial charge in [0.25, 0.3) is 0 Å². The average Bonchev–Trinajstić information content (AvgIpc) is 3.18. The van der Waals surface area contributed by atoms with Crippen molar-refractivity contribution in [3.05, 3.63) is 64.8 Å². The van der Waals surface area contributed by atoms with Crippen molar-refractivity contribution in [2.24, 2.45) is 0 Å². The molecule has 4 aromatic rings. The highest BCUT2D eigenvalue weighted by Gasteiger charge is 2.15. The predicted octanol–water partition coefficient (Wildman–Crippen LogP) is 6.06. The van der Waals surface area contributed by atoms with Gasteiger partial charge >= 0.3 is 0 Å². The van der Waals surface area contributed by atoms with Gasteiger partial charge in [0.05, 0.1) is 23.9 Å². The number of carbonyl (C=O) groups excluding carboxylic acids is 1. The summed E-state index contributed by atoms with van der Waals surface area (Å²) in [6.07, 6.45) is 1.54. The Labute approximate surface area is 187 Å². The van der Waals surface area contributed by atoms with E-state index in [9.17, 15) is 4.79 Å². The Morgan fingerprint density at radius 2 is 2.00 bits per heavy atom. The summed E-state index contributed by atoms with van der Waals surface area (Å²) in [5.74, 6) is 0.726. The zero-order valence-electron chi connectivity index (χ0n) is 16.3. The molecule has 0 aliphatic rings. The summed E-state index contributed by atoms with van der Waals surface area (Å²) in [6, 6.07) is 13.3. The smallest absolute Gasteiger partial charge is 0.234 e. The van der Waals surface area contributed by atoms with E-state index in [0.29, 0.717) is 16.5 Å². The van der Waals surface area contributed by atoms with Gasteiger partial charge in [-0.1, -0.05) is 41.6 Å². The van der Waals surface area contributed by atoms with E-state index in [1.54, 1.807) is 18.4 Å². The van der Waals surface area contributed by atoms with Gasteiger partial charge in [-0.3, -0.25) is 4.79 Å². The molecule has 0 atom stereocenters. The molecule has 1 amide bonds. The van der Waals surface area contributed by atoms with E-state index in [4.69, 9.17) is 16.3 Å². The van der Waals surface area contributed by atoms with Gasteiger partial charge in [0.2, 0.25) is 5.91 Å². The number of thioether (sulfide) groups is 1. The first kappa shape index (κ1) is 20.7. The maximum atomic E-state index is 12.6. The van der Waals surface area contributed by atoms with Crippen molar-refractivity contribution in [1.82, 2.24) is 9.97 Å². The summed E-state index contributed by atoms with van der Waals surface area (Å²) < 4.78 is 5.33. The number of nitrogens with zero attached hydrogens (tertiary/aromatic N) is 2. The lowest BCUT2D eigenvalue weighted by Gasteiger charge is -2.11. The molecular weight excluding hydrogens is 438 g/mol. The molecule has 152 valence electrons. The highest BCUT2D eigenvalue weighted by atomic mass is 35.5. The van der Waals surface area contributed by atoms with Crippen LogP contribution >= 0.6 is 34.7 Å². The quantitative estimate of drug-likeness (QED) is 0.283. The molecule has 0 fully saturated rings. The van der Waals surface area contributed by atoms with Crippen LogP contribution in [-0.2, 0) is 4.79 Å². The standard InChI is InChI=1S/C22H18ClN3O2S2/c1-13-3-8-18(28-2)17(9-13)26-19(27)11-30-22-20-16(10-29-21(20)24-12-25-22)14-4-6-15(23)7-5-14/h3-10,12H,11H2,1-2H3,(H,26,27). The van der Waals surface area contributed by atoms with Crippen molar-refractivity contribution >= 4 is 56.5 Å². The number of rotatable bonds is 6. The molecule has 0 saturated carbocycles. The molecule has 0 saturated heterocycles. The van der Waals surface area contributed by atoms with Gasteiger partial charge in [-0.2, -0.15) is 0 Å². The van der Waals surface area contributed by atoms with E-state index in [-0.39, 0.29) is 11.7 Å². The van der Waals surface area contributed by atoms with E-state index < -0.39 is 0 Å². The number of methoxy groups -OCH3 is 1. The molecule has 4 rings (SSSR count). The van der Waals surface area contributed by atoms with Gasteiger partial charge in [-0.15, -0.1) is 11.3 Å². The molecule has 0 unspecified atom stereocenters. The molecular formula is C22H18ClN3O2S2. The Morgan fingerprint density at radius 3 is 2.77 bits per heavy atom. The van der Waals surface area contributed by atoms with Crippen LogP contribution in [0.15, 0.2) is 59.2 Å². The first-order chi connectivity index (χ1) is 14.5. The van der Waals surface area contributed by atoms with Crippen molar-refractivity contribution in [2.45, 2.75) is 11.9 Å². The molecule has 30 heavy (non-hydrogen) atoms. The second-order valence-corrected chi connectivity index (χ2v) is 8.81. The molecule has 0 radical (unpaired) electrons. The first-order valence-corrected chi connectivity index (χ1v) is 11.3. The number of fused-ring (bicyclic) bond motifs is 1. The summed E-state index contributed by atoms with van der Waals surface area (Å²) in [5, 5.41) is 7.40. The molecule has 5 nitrogen and oxygen atoms in total. The van der Waals surface area contributed by atoms with E-state index in [0.717, 1.165) is 31.9 Å². The third-order valence-electron chi connectivity index (χ3n) is 4.46. The van der Waals surface area contributed by atoms with Crippen molar-refractivity contribution in [2.75, 3.05) is 18.2 Å². The Hall–Kier alpha value is -2.61. The minimum atomic E-state index is -0.126. The maximum absolute atomic E-state index is 12.6. The topological polar surface area (TPSA) is 64.1 Å². The molecule has 1 N–H and O–H groups in total. The predicted molar refractivity (Wildman–Crippen MR) is 125 cm³/mol. The number of amides is 1. The number of hydrogen-bond donors (Lipinski definition) is 1. The molecule has 0 aliphatic heterocycles. The monoisotopic (exact) mass is 455 g/mol. The van der Waals surface area contributed by atoms with Gasteiger partial charge in [-0.05, 0) is 42.3 Å². The Kier molecular flexibility index (Phi) is 6.22. The minimum absolute atomic E-state index is 0.126. The van der Waals surface area contributed by atoms with Crippen LogP contribution in [-0.4, -0.2) is 28.7 Å². The summed E-state index contributed by atoms with van der Waals surface area (Å²) in [7, 11) is 1.58. The molecule has 2 aromatic carbocycles. The fourth-order valence-electron chi connectivity index (χ4n) is 3.04. The third kappa shape index (κ3) is 4.43. The van der Waals surface area contributed by atoms with Crippen molar-refractivity contribution < 1.29 is 9.53 Å². The Bertz CT molecular complexity index is 1210. The molecule has 0 bridgehead atoms. The summed E-state index contributed by atoms with van der Waals surface area (Å²) in [6.45, 7) is 1.97. The number of aryl methyl sites for hydroxylation is 1. The minimum Gasteiger partial charge on any atom is -0.495 e. The van der Waals surface area contributed by atoms with Crippen molar-refractivity contribution in [3.8, 4) is 16.9 Å². The van der Waals surface area contributed by atoms with Gasteiger partial charge in [-0.25, -0.2) is 9.97 Å². The van der Waals surface area contributed by atoms with E-state index in [2.05, 4.69) is 20.7 Å². The SMILES string of the molecule is COc1ccc(C)cc1NC(=O)CSc1ncnc2scc(-c3ccc(Cl)cc3)c12. The maximum Gasteiger partial charge on any atom is 0.234 e. The summed E-state index contributed by atoms with van der Waals surface area (Å²) in [4.78, 5) is 22.3. The van der Waals surface area contributed by atoms with Crippen molar-refractivity contribution in [3.63, 3.8) is 0 Å². The third-order valence-corrected chi connectivity index (χ3v) is 6.59. The zero-order chi connectivity index (χ0) is 21.1. The van der Waals surface area contributed by atoms with Crippen LogP contribution in [0.1, 0.15) is 5.56 Å². The number of ether oxygens (including phenoxy) is 1. The van der Waals surface area contributed by atoms with Gasteiger partial charge in [0.1, 0.15) is 21.9 Å². The van der Waals surface area contributed by atoms with Gasteiger partial charge in [0.15, 0.2) is 0 Å². The second-order valence-electron chi connectivity index (χ2n) is 6.56. The second kappa shape index (κ2) is 9.04. The van der Waals surface area contributed by atoms with Crippen LogP contribution in [0.4, 0.5) is 5.69 Å². The lowest BCUT2D eigenvalue weighted by molar-refractivity contribution is -0.113. The Balaban J connectivity index is 1.56. The van der Waals surface area contributed by atoms with Crippen LogP contribution in [0.5, 0.6) is 5.75 Å². The Morgan fingerprint density at radius 1 is 1.20 bits per heavy atom. The largest absolute Gasteiger partial charge is 0.495 e. The average molecular weight is 456 g/mol.